The van der Waals surface area contributed by atoms with E-state index in [9.17, 15) is 0 Å². The fourth-order valence-corrected chi connectivity index (χ4v) is 2.23. The first-order valence-corrected chi connectivity index (χ1v) is 5.85. The number of nitrogens with zero attached hydrogens (tertiary/aromatic N) is 1. The third kappa shape index (κ3) is 2.61. The van der Waals surface area contributed by atoms with Gasteiger partial charge in [-0.2, -0.15) is 0 Å². The van der Waals surface area contributed by atoms with Crippen molar-refractivity contribution in [2.45, 2.75) is 26.1 Å². The Balaban J connectivity index is 1.94. The quantitative estimate of drug-likeness (QED) is 0.797. The van der Waals surface area contributed by atoms with Crippen LogP contribution < -0.4 is 5.73 Å². The first-order valence-electron chi connectivity index (χ1n) is 5.85. The average molecular weight is 220 g/mol. The molecule has 1 aromatic carbocycles. The van der Waals surface area contributed by atoms with Crippen LogP contribution >= 0.6 is 0 Å². The second-order valence-electron chi connectivity index (χ2n) is 4.81. The molecular weight excluding hydrogens is 200 g/mol. The Bertz CT molecular complexity index is 326. The van der Waals surface area contributed by atoms with E-state index in [1.54, 1.807) is 0 Å². The molecule has 1 aliphatic heterocycles. The number of rotatable bonds is 3. The van der Waals surface area contributed by atoms with Crippen molar-refractivity contribution in [2.75, 3.05) is 13.1 Å². The number of hydrogen-bond donors (Lipinski definition) is 2. The summed E-state index contributed by atoms with van der Waals surface area (Å²) in [5.41, 5.74) is 8.25. The molecule has 1 aromatic rings. The fraction of sp³-hybridized carbons (Fsp3) is 0.538. The molecule has 0 aromatic heterocycles. The highest BCUT2D eigenvalue weighted by Crippen LogP contribution is 2.17. The van der Waals surface area contributed by atoms with Gasteiger partial charge in [0.2, 0.25) is 0 Å². The Morgan fingerprint density at radius 2 is 1.88 bits per heavy atom. The van der Waals surface area contributed by atoms with Crippen molar-refractivity contribution in [1.82, 2.24) is 4.90 Å². The highest BCUT2D eigenvalue weighted by atomic mass is 16.3. The normalized spacial score (nSPS) is 26.2. The lowest BCUT2D eigenvalue weighted by Gasteiger charge is -2.15. The Morgan fingerprint density at radius 1 is 1.25 bits per heavy atom. The number of aliphatic hydroxyl groups excluding tert-OH is 1. The van der Waals surface area contributed by atoms with Crippen LogP contribution in [0.5, 0.6) is 0 Å². The molecule has 2 atom stereocenters. The van der Waals surface area contributed by atoms with E-state index >= 15 is 0 Å². The van der Waals surface area contributed by atoms with E-state index < -0.39 is 0 Å². The van der Waals surface area contributed by atoms with Gasteiger partial charge in [-0.15, -0.1) is 0 Å². The van der Waals surface area contributed by atoms with Crippen LogP contribution in [0.15, 0.2) is 24.3 Å². The van der Waals surface area contributed by atoms with Crippen LogP contribution in [-0.4, -0.2) is 29.1 Å². The second kappa shape index (κ2) is 4.95. The van der Waals surface area contributed by atoms with Crippen molar-refractivity contribution < 1.29 is 5.11 Å². The number of likely N-dealkylation sites (tertiary alicyclic amines) is 1. The van der Waals surface area contributed by atoms with Gasteiger partial charge in [-0.3, -0.25) is 4.90 Å². The summed E-state index contributed by atoms with van der Waals surface area (Å²) in [5.74, 6) is 0.594. The van der Waals surface area contributed by atoms with Crippen molar-refractivity contribution in [3.8, 4) is 0 Å². The Kier molecular flexibility index (Phi) is 3.59. The van der Waals surface area contributed by atoms with Crippen LogP contribution in [0.3, 0.4) is 0 Å². The van der Waals surface area contributed by atoms with Crippen molar-refractivity contribution in [3.05, 3.63) is 35.4 Å². The maximum absolute atomic E-state index is 8.96. The Morgan fingerprint density at radius 3 is 2.38 bits per heavy atom. The van der Waals surface area contributed by atoms with Gasteiger partial charge in [0.05, 0.1) is 6.61 Å². The number of aliphatic hydroxyl groups is 1. The molecule has 1 heterocycles. The highest BCUT2D eigenvalue weighted by molar-refractivity contribution is 5.22. The molecule has 0 aliphatic carbocycles. The largest absolute Gasteiger partial charge is 0.392 e. The first kappa shape index (κ1) is 11.6. The molecule has 16 heavy (non-hydrogen) atoms. The average Bonchev–Trinajstić information content (AvgIpc) is 2.59. The van der Waals surface area contributed by atoms with Crippen LogP contribution in [0.25, 0.3) is 0 Å². The molecule has 3 nitrogen and oxygen atoms in total. The summed E-state index contributed by atoms with van der Waals surface area (Å²) in [6.45, 7) is 5.36. The number of nitrogens with two attached hydrogens (primary N) is 1. The Hall–Kier alpha value is -0.900. The van der Waals surface area contributed by atoms with Crippen molar-refractivity contribution in [1.29, 1.82) is 0 Å². The molecule has 0 bridgehead atoms. The lowest BCUT2D eigenvalue weighted by atomic mass is 10.1. The molecule has 0 radical (unpaired) electrons. The molecule has 3 N–H and O–H groups in total. The third-order valence-corrected chi connectivity index (χ3v) is 3.36. The van der Waals surface area contributed by atoms with Gasteiger partial charge in [0.15, 0.2) is 0 Å². The smallest absolute Gasteiger partial charge is 0.0681 e. The van der Waals surface area contributed by atoms with Crippen LogP contribution in [0, 0.1) is 5.92 Å². The maximum Gasteiger partial charge on any atom is 0.0681 e. The SMILES string of the molecule is CC1CN(Cc2ccc(CO)cc2)CC1N. The molecule has 2 rings (SSSR count). The number of hydrogen-bond acceptors (Lipinski definition) is 3. The van der Waals surface area contributed by atoms with Crippen molar-refractivity contribution >= 4 is 0 Å². The van der Waals surface area contributed by atoms with E-state index in [0.29, 0.717) is 12.0 Å². The van der Waals surface area contributed by atoms with Crippen LogP contribution in [0.1, 0.15) is 18.1 Å². The molecule has 88 valence electrons. The molecule has 1 saturated heterocycles. The maximum atomic E-state index is 8.96. The summed E-state index contributed by atoms with van der Waals surface area (Å²) >= 11 is 0. The lowest BCUT2D eigenvalue weighted by molar-refractivity contribution is 0.281. The summed E-state index contributed by atoms with van der Waals surface area (Å²) in [7, 11) is 0. The van der Waals surface area contributed by atoms with Crippen LogP contribution in [0.2, 0.25) is 0 Å². The molecule has 1 fully saturated rings. The van der Waals surface area contributed by atoms with Crippen LogP contribution in [-0.2, 0) is 13.2 Å². The standard InChI is InChI=1S/C13H20N2O/c1-10-6-15(8-13(10)14)7-11-2-4-12(9-16)5-3-11/h2-5,10,13,16H,6-9,14H2,1H3. The third-order valence-electron chi connectivity index (χ3n) is 3.36. The lowest BCUT2D eigenvalue weighted by Crippen LogP contribution is -2.28. The van der Waals surface area contributed by atoms with Gasteiger partial charge in [-0.05, 0) is 17.0 Å². The van der Waals surface area contributed by atoms with E-state index in [4.69, 9.17) is 10.8 Å². The second-order valence-corrected chi connectivity index (χ2v) is 4.81. The van der Waals surface area contributed by atoms with Gasteiger partial charge >= 0.3 is 0 Å². The summed E-state index contributed by atoms with van der Waals surface area (Å²) in [6.07, 6.45) is 0. The number of benzene rings is 1. The minimum Gasteiger partial charge on any atom is -0.392 e. The van der Waals surface area contributed by atoms with E-state index in [1.807, 2.05) is 12.1 Å². The fourth-order valence-electron chi connectivity index (χ4n) is 2.23. The molecule has 1 aliphatic rings. The van der Waals surface area contributed by atoms with Gasteiger partial charge in [0.1, 0.15) is 0 Å². The van der Waals surface area contributed by atoms with Crippen molar-refractivity contribution in [2.24, 2.45) is 11.7 Å². The first-order chi connectivity index (χ1) is 7.69. The van der Waals surface area contributed by atoms with E-state index in [2.05, 4.69) is 24.0 Å². The summed E-state index contributed by atoms with van der Waals surface area (Å²) < 4.78 is 0. The Labute approximate surface area is 96.9 Å². The molecule has 2 unspecified atom stereocenters. The zero-order valence-electron chi connectivity index (χ0n) is 9.76. The van der Waals surface area contributed by atoms with E-state index in [1.165, 1.54) is 5.56 Å². The summed E-state index contributed by atoms with van der Waals surface area (Å²) in [4.78, 5) is 2.39. The van der Waals surface area contributed by atoms with Gasteiger partial charge in [0, 0.05) is 25.7 Å². The monoisotopic (exact) mass is 220 g/mol. The highest BCUT2D eigenvalue weighted by Gasteiger charge is 2.26. The van der Waals surface area contributed by atoms with Gasteiger partial charge in [0.25, 0.3) is 0 Å². The van der Waals surface area contributed by atoms with E-state index in [-0.39, 0.29) is 6.61 Å². The predicted octanol–water partition coefficient (Wildman–Crippen LogP) is 0.958. The molecular formula is C13H20N2O. The van der Waals surface area contributed by atoms with E-state index in [0.717, 1.165) is 25.2 Å². The summed E-state index contributed by atoms with van der Waals surface area (Å²) in [6, 6.07) is 8.45. The minimum atomic E-state index is 0.117. The van der Waals surface area contributed by atoms with Crippen molar-refractivity contribution in [3.63, 3.8) is 0 Å². The molecule has 0 spiro atoms. The zero-order valence-corrected chi connectivity index (χ0v) is 9.76. The molecule has 3 heteroatoms. The summed E-state index contributed by atoms with van der Waals surface area (Å²) in [5, 5.41) is 8.96. The molecule has 0 amide bonds. The van der Waals surface area contributed by atoms with Gasteiger partial charge in [-0.1, -0.05) is 31.2 Å². The topological polar surface area (TPSA) is 49.5 Å². The van der Waals surface area contributed by atoms with Crippen LogP contribution in [0.4, 0.5) is 0 Å². The molecule has 0 saturated carbocycles. The predicted molar refractivity (Wildman–Crippen MR) is 64.8 cm³/mol. The minimum absolute atomic E-state index is 0.117. The van der Waals surface area contributed by atoms with Gasteiger partial charge < -0.3 is 10.8 Å². The zero-order chi connectivity index (χ0) is 11.5. The van der Waals surface area contributed by atoms with Gasteiger partial charge in [-0.25, -0.2) is 0 Å².